The van der Waals surface area contributed by atoms with Crippen LogP contribution in [0.2, 0.25) is 0 Å². The van der Waals surface area contributed by atoms with Gasteiger partial charge in [0.2, 0.25) is 0 Å². The van der Waals surface area contributed by atoms with Gasteiger partial charge in [-0.15, -0.1) is 0 Å². The lowest BCUT2D eigenvalue weighted by molar-refractivity contribution is 0.607. The lowest BCUT2D eigenvalue weighted by atomic mass is 10.1. The number of nitrogens with zero attached hydrogens (tertiary/aromatic N) is 4. The average Bonchev–Trinajstić information content (AvgIpc) is 3.03. The van der Waals surface area contributed by atoms with E-state index >= 15 is 0 Å². The van der Waals surface area contributed by atoms with Gasteiger partial charge >= 0.3 is 0 Å². The number of unbranched alkanes of at least 4 members (excludes halogenated alkanes) is 1. The largest absolute Gasteiger partial charge is 0.342 e. The number of hydrogen-bond acceptors (Lipinski definition) is 3. The molecule has 0 unspecified atom stereocenters. The third-order valence-corrected chi connectivity index (χ3v) is 6.15. The molecule has 0 atom stereocenters. The van der Waals surface area contributed by atoms with Gasteiger partial charge in [0.1, 0.15) is 5.82 Å². The van der Waals surface area contributed by atoms with E-state index in [0.29, 0.717) is 29.2 Å². The van der Waals surface area contributed by atoms with Gasteiger partial charge in [-0.25, -0.2) is 4.98 Å². The zero-order valence-electron chi connectivity index (χ0n) is 18.4. The van der Waals surface area contributed by atoms with Gasteiger partial charge in [0.25, 0.3) is 5.56 Å². The van der Waals surface area contributed by atoms with E-state index in [2.05, 4.69) is 71.5 Å². The van der Waals surface area contributed by atoms with Crippen LogP contribution in [-0.4, -0.2) is 20.4 Å². The van der Waals surface area contributed by atoms with Gasteiger partial charge in [0.15, 0.2) is 0 Å². The van der Waals surface area contributed by atoms with Crippen LogP contribution in [-0.2, 0) is 6.42 Å². The predicted molar refractivity (Wildman–Crippen MR) is 132 cm³/mol. The van der Waals surface area contributed by atoms with E-state index in [0.717, 1.165) is 34.0 Å². The number of fused-ring (bicyclic) bond motifs is 2. The van der Waals surface area contributed by atoms with Crippen molar-refractivity contribution in [2.24, 2.45) is 5.10 Å². The summed E-state index contributed by atoms with van der Waals surface area (Å²) >= 11 is 3.46. The Bertz CT molecular complexity index is 1350. The summed E-state index contributed by atoms with van der Waals surface area (Å²) in [5.74, 6) is 0.697. The fraction of sp³-hybridized carbons (Fsp3) is 0.320. The highest BCUT2D eigenvalue weighted by molar-refractivity contribution is 9.10. The van der Waals surface area contributed by atoms with Crippen molar-refractivity contribution in [3.8, 4) is 0 Å². The standard InChI is InChI=1S/C25H27BrN4O/c1-5-6-11-24-28-22-13-12-18(26)14-20(22)25(31)30(24)27-15-21-17(4)29(16(2)3)23-10-8-7-9-19(21)23/h7-10,12-16H,5-6,11H2,1-4H3. The minimum atomic E-state index is -0.140. The first-order valence-corrected chi connectivity index (χ1v) is 11.6. The second kappa shape index (κ2) is 8.79. The SMILES string of the molecule is CCCCc1nc2ccc(Br)cc2c(=O)n1N=Cc1c(C)n(C(C)C)c2ccccc12. The number of hydrogen-bond donors (Lipinski definition) is 0. The van der Waals surface area contributed by atoms with Crippen LogP contribution < -0.4 is 5.56 Å². The number of benzene rings is 2. The number of aryl methyl sites for hydroxylation is 1. The van der Waals surface area contributed by atoms with E-state index in [1.54, 1.807) is 0 Å². The molecule has 0 saturated heterocycles. The maximum absolute atomic E-state index is 13.3. The van der Waals surface area contributed by atoms with Crippen LogP contribution in [0.25, 0.3) is 21.8 Å². The Hall–Kier alpha value is -2.73. The molecule has 0 amide bonds. The maximum Gasteiger partial charge on any atom is 0.282 e. The van der Waals surface area contributed by atoms with Gasteiger partial charge in [-0.2, -0.15) is 9.78 Å². The Kier molecular flexibility index (Phi) is 6.10. The van der Waals surface area contributed by atoms with Crippen molar-refractivity contribution < 1.29 is 0 Å². The van der Waals surface area contributed by atoms with E-state index < -0.39 is 0 Å². The molecule has 160 valence electrons. The molecule has 2 aromatic heterocycles. The molecular weight excluding hydrogens is 452 g/mol. The van der Waals surface area contributed by atoms with Crippen LogP contribution in [0.1, 0.15) is 56.7 Å². The Morgan fingerprint density at radius 3 is 2.68 bits per heavy atom. The molecule has 2 aromatic carbocycles. The molecule has 4 rings (SSSR count). The zero-order valence-corrected chi connectivity index (χ0v) is 20.0. The fourth-order valence-corrected chi connectivity index (χ4v) is 4.53. The highest BCUT2D eigenvalue weighted by Gasteiger charge is 2.15. The molecule has 4 aromatic rings. The number of para-hydroxylation sites is 1. The van der Waals surface area contributed by atoms with Gasteiger partial charge in [0.05, 0.1) is 17.1 Å². The Balaban J connectivity index is 1.91. The Labute approximate surface area is 190 Å². The van der Waals surface area contributed by atoms with Gasteiger partial charge in [-0.1, -0.05) is 47.5 Å². The van der Waals surface area contributed by atoms with Crippen molar-refractivity contribution >= 4 is 44.0 Å². The van der Waals surface area contributed by atoms with Gasteiger partial charge in [-0.05, 0) is 51.5 Å². The summed E-state index contributed by atoms with van der Waals surface area (Å²) in [6.45, 7) is 8.60. The average molecular weight is 479 g/mol. The molecule has 2 heterocycles. The van der Waals surface area contributed by atoms with E-state index in [1.807, 2.05) is 30.5 Å². The monoisotopic (exact) mass is 478 g/mol. The summed E-state index contributed by atoms with van der Waals surface area (Å²) in [6, 6.07) is 14.3. The Morgan fingerprint density at radius 2 is 1.94 bits per heavy atom. The molecule has 6 heteroatoms. The summed E-state index contributed by atoms with van der Waals surface area (Å²) in [6.07, 6.45) is 4.51. The van der Waals surface area contributed by atoms with Crippen LogP contribution in [0.15, 0.2) is 56.8 Å². The lowest BCUT2D eigenvalue weighted by Gasteiger charge is -2.12. The number of rotatable bonds is 6. The molecule has 0 spiro atoms. The molecule has 0 radical (unpaired) electrons. The third-order valence-electron chi connectivity index (χ3n) is 5.65. The molecule has 0 aliphatic heterocycles. The highest BCUT2D eigenvalue weighted by Crippen LogP contribution is 2.28. The summed E-state index contributed by atoms with van der Waals surface area (Å²) in [7, 11) is 0. The van der Waals surface area contributed by atoms with Gasteiger partial charge in [-0.3, -0.25) is 4.79 Å². The number of aromatic nitrogens is 3. The van der Waals surface area contributed by atoms with Gasteiger partial charge < -0.3 is 4.57 Å². The summed E-state index contributed by atoms with van der Waals surface area (Å²) in [4.78, 5) is 18.1. The van der Waals surface area contributed by atoms with Gasteiger partial charge in [0, 0.05) is 39.1 Å². The van der Waals surface area contributed by atoms with E-state index in [9.17, 15) is 4.79 Å². The van der Waals surface area contributed by atoms with Crippen LogP contribution in [0.5, 0.6) is 0 Å². The molecule has 0 N–H and O–H groups in total. The van der Waals surface area contributed by atoms with Crippen LogP contribution >= 0.6 is 15.9 Å². The van der Waals surface area contributed by atoms with E-state index in [-0.39, 0.29) is 5.56 Å². The zero-order chi connectivity index (χ0) is 22.1. The molecule has 0 fully saturated rings. The van der Waals surface area contributed by atoms with Crippen molar-refractivity contribution in [3.63, 3.8) is 0 Å². The van der Waals surface area contributed by atoms with Crippen molar-refractivity contribution in [3.05, 3.63) is 74.4 Å². The summed E-state index contributed by atoms with van der Waals surface area (Å²) < 4.78 is 4.64. The van der Waals surface area contributed by atoms with Crippen molar-refractivity contribution in [1.29, 1.82) is 0 Å². The van der Waals surface area contributed by atoms with E-state index in [1.165, 1.54) is 10.2 Å². The highest BCUT2D eigenvalue weighted by atomic mass is 79.9. The molecule has 0 aliphatic carbocycles. The van der Waals surface area contributed by atoms with Crippen molar-refractivity contribution in [2.75, 3.05) is 0 Å². The lowest BCUT2D eigenvalue weighted by Crippen LogP contribution is -2.22. The second-order valence-corrected chi connectivity index (χ2v) is 9.05. The smallest absolute Gasteiger partial charge is 0.282 e. The second-order valence-electron chi connectivity index (χ2n) is 8.13. The predicted octanol–water partition coefficient (Wildman–Crippen LogP) is 6.23. The molecule has 0 aliphatic rings. The van der Waals surface area contributed by atoms with Crippen LogP contribution in [0.3, 0.4) is 0 Å². The van der Waals surface area contributed by atoms with Crippen LogP contribution in [0, 0.1) is 6.92 Å². The molecule has 5 nitrogen and oxygen atoms in total. The first-order valence-electron chi connectivity index (χ1n) is 10.8. The summed E-state index contributed by atoms with van der Waals surface area (Å²) in [5.41, 5.74) is 3.92. The fourth-order valence-electron chi connectivity index (χ4n) is 4.17. The minimum Gasteiger partial charge on any atom is -0.342 e. The maximum atomic E-state index is 13.3. The van der Waals surface area contributed by atoms with Crippen molar-refractivity contribution in [2.45, 2.75) is 53.0 Å². The quantitative estimate of drug-likeness (QED) is 0.308. The van der Waals surface area contributed by atoms with Crippen LogP contribution in [0.4, 0.5) is 0 Å². The molecule has 0 bridgehead atoms. The molecular formula is C25H27BrN4O. The minimum absolute atomic E-state index is 0.140. The number of halogens is 1. The molecule has 0 saturated carbocycles. The topological polar surface area (TPSA) is 52.2 Å². The normalized spacial score (nSPS) is 12.1. The van der Waals surface area contributed by atoms with Crippen molar-refractivity contribution in [1.82, 2.24) is 14.2 Å². The van der Waals surface area contributed by atoms with E-state index in [4.69, 9.17) is 4.98 Å². The Morgan fingerprint density at radius 1 is 1.16 bits per heavy atom. The molecule has 31 heavy (non-hydrogen) atoms. The third kappa shape index (κ3) is 3.97. The summed E-state index contributed by atoms with van der Waals surface area (Å²) in [5, 5.41) is 6.38. The first-order chi connectivity index (χ1) is 14.9. The first kappa shape index (κ1) is 21.5.